The maximum Gasteiger partial charge on any atom is 0.259 e. The molecule has 1 amide bonds. The standard InChI is InChI=1S/C23H29BrN4O4/c1-26(2)10-6-11-28(19-7-9-25-22-16(19)8-12-27(22)15-30-3)23(29)17-13-20(31-4)21(32-5)14-18(17)24/h7-9,12-14H,6,10-11,15H2,1-5H3. The Kier molecular flexibility index (Phi) is 8.11. The van der Waals surface area contributed by atoms with Gasteiger partial charge < -0.3 is 28.6 Å². The maximum atomic E-state index is 13.8. The number of amides is 1. The highest BCUT2D eigenvalue weighted by atomic mass is 79.9. The lowest BCUT2D eigenvalue weighted by atomic mass is 10.1. The molecule has 3 rings (SSSR count). The predicted octanol–water partition coefficient (Wildman–Crippen LogP) is 4.02. The second kappa shape index (κ2) is 10.8. The quantitative estimate of drug-likeness (QED) is 0.415. The van der Waals surface area contributed by atoms with Gasteiger partial charge in [-0.05, 0) is 67.3 Å². The minimum absolute atomic E-state index is 0.136. The summed E-state index contributed by atoms with van der Waals surface area (Å²) in [6, 6.07) is 7.30. The second-order valence-electron chi connectivity index (χ2n) is 7.57. The summed E-state index contributed by atoms with van der Waals surface area (Å²) >= 11 is 3.53. The minimum Gasteiger partial charge on any atom is -0.493 e. The van der Waals surface area contributed by atoms with Crippen LogP contribution in [0, 0.1) is 0 Å². The van der Waals surface area contributed by atoms with Crippen molar-refractivity contribution in [3.8, 4) is 11.5 Å². The van der Waals surface area contributed by atoms with Gasteiger partial charge in [-0.1, -0.05) is 0 Å². The van der Waals surface area contributed by atoms with Crippen LogP contribution in [0.15, 0.2) is 41.1 Å². The van der Waals surface area contributed by atoms with Crippen molar-refractivity contribution in [2.75, 3.05) is 53.4 Å². The second-order valence-corrected chi connectivity index (χ2v) is 8.43. The highest BCUT2D eigenvalue weighted by Crippen LogP contribution is 2.35. The molecule has 0 N–H and O–H groups in total. The normalized spacial score (nSPS) is 11.2. The van der Waals surface area contributed by atoms with Crippen molar-refractivity contribution in [1.82, 2.24) is 14.5 Å². The van der Waals surface area contributed by atoms with Crippen molar-refractivity contribution < 1.29 is 19.0 Å². The molecule has 0 aliphatic rings. The smallest absolute Gasteiger partial charge is 0.259 e. The molecule has 0 saturated carbocycles. The number of hydrogen-bond acceptors (Lipinski definition) is 6. The lowest BCUT2D eigenvalue weighted by molar-refractivity contribution is 0.0985. The number of anilines is 1. The number of aromatic nitrogens is 2. The molecule has 0 spiro atoms. The van der Waals surface area contributed by atoms with E-state index in [4.69, 9.17) is 14.2 Å². The molecule has 172 valence electrons. The Hall–Kier alpha value is -2.62. The van der Waals surface area contributed by atoms with Crippen molar-refractivity contribution in [3.63, 3.8) is 0 Å². The Morgan fingerprint density at radius 3 is 2.47 bits per heavy atom. The summed E-state index contributed by atoms with van der Waals surface area (Å²) in [6.45, 7) is 1.79. The summed E-state index contributed by atoms with van der Waals surface area (Å²) in [4.78, 5) is 22.2. The Balaban J connectivity index is 2.08. The number of carbonyl (C=O) groups excluding carboxylic acids is 1. The molecule has 32 heavy (non-hydrogen) atoms. The van der Waals surface area contributed by atoms with E-state index < -0.39 is 0 Å². The number of fused-ring (bicyclic) bond motifs is 1. The van der Waals surface area contributed by atoms with E-state index in [0.717, 1.165) is 29.7 Å². The molecular formula is C23H29BrN4O4. The monoisotopic (exact) mass is 504 g/mol. The minimum atomic E-state index is -0.136. The summed E-state index contributed by atoms with van der Waals surface area (Å²) in [6.07, 6.45) is 4.45. The van der Waals surface area contributed by atoms with Crippen LogP contribution < -0.4 is 14.4 Å². The zero-order chi connectivity index (χ0) is 23.3. The number of benzene rings is 1. The first-order valence-corrected chi connectivity index (χ1v) is 11.0. The first-order valence-electron chi connectivity index (χ1n) is 10.2. The van der Waals surface area contributed by atoms with Crippen molar-refractivity contribution in [2.24, 2.45) is 0 Å². The van der Waals surface area contributed by atoms with Gasteiger partial charge in [-0.15, -0.1) is 0 Å². The lowest BCUT2D eigenvalue weighted by Gasteiger charge is -2.25. The molecule has 0 aliphatic heterocycles. The zero-order valence-corrected chi connectivity index (χ0v) is 20.7. The number of ether oxygens (including phenoxy) is 3. The van der Waals surface area contributed by atoms with E-state index in [-0.39, 0.29) is 5.91 Å². The summed E-state index contributed by atoms with van der Waals surface area (Å²) in [7, 11) is 8.80. The van der Waals surface area contributed by atoms with Gasteiger partial charge in [0.05, 0.1) is 25.5 Å². The van der Waals surface area contributed by atoms with E-state index in [9.17, 15) is 4.79 Å². The van der Waals surface area contributed by atoms with Gasteiger partial charge in [-0.25, -0.2) is 4.98 Å². The Labute approximate surface area is 196 Å². The third-order valence-electron chi connectivity index (χ3n) is 5.13. The van der Waals surface area contributed by atoms with E-state index in [0.29, 0.717) is 34.8 Å². The van der Waals surface area contributed by atoms with Crippen LogP contribution in [0.25, 0.3) is 11.0 Å². The van der Waals surface area contributed by atoms with E-state index in [1.54, 1.807) is 44.6 Å². The number of hydrogen-bond donors (Lipinski definition) is 0. The average Bonchev–Trinajstić information content (AvgIpc) is 3.19. The highest BCUT2D eigenvalue weighted by molar-refractivity contribution is 9.10. The van der Waals surface area contributed by atoms with Gasteiger partial charge in [0.25, 0.3) is 5.91 Å². The fraction of sp³-hybridized carbons (Fsp3) is 0.391. The summed E-state index contributed by atoms with van der Waals surface area (Å²) in [5.74, 6) is 0.917. The number of rotatable bonds is 10. The molecule has 0 unspecified atom stereocenters. The van der Waals surface area contributed by atoms with Crippen LogP contribution in [-0.2, 0) is 11.5 Å². The fourth-order valence-corrected chi connectivity index (χ4v) is 4.09. The van der Waals surface area contributed by atoms with Gasteiger partial charge >= 0.3 is 0 Å². The molecule has 0 aliphatic carbocycles. The predicted molar refractivity (Wildman–Crippen MR) is 129 cm³/mol. The molecule has 0 saturated heterocycles. The summed E-state index contributed by atoms with van der Waals surface area (Å²) < 4.78 is 18.6. The first-order chi connectivity index (χ1) is 15.4. The van der Waals surface area contributed by atoms with Crippen LogP contribution in [0.5, 0.6) is 11.5 Å². The third kappa shape index (κ3) is 5.06. The van der Waals surface area contributed by atoms with Crippen LogP contribution >= 0.6 is 15.9 Å². The Bertz CT molecular complexity index is 1080. The Morgan fingerprint density at radius 2 is 1.81 bits per heavy atom. The van der Waals surface area contributed by atoms with Crippen LogP contribution in [-0.4, -0.2) is 68.9 Å². The third-order valence-corrected chi connectivity index (χ3v) is 5.79. The number of nitrogens with zero attached hydrogens (tertiary/aromatic N) is 4. The molecule has 1 aromatic carbocycles. The summed E-state index contributed by atoms with van der Waals surface area (Å²) in [5, 5.41) is 0.888. The van der Waals surface area contributed by atoms with E-state index >= 15 is 0 Å². The molecule has 0 atom stereocenters. The van der Waals surface area contributed by atoms with Crippen LogP contribution in [0.2, 0.25) is 0 Å². The van der Waals surface area contributed by atoms with Gasteiger partial charge in [-0.2, -0.15) is 0 Å². The maximum absolute atomic E-state index is 13.8. The van der Waals surface area contributed by atoms with Crippen molar-refractivity contribution in [1.29, 1.82) is 0 Å². The largest absolute Gasteiger partial charge is 0.493 e. The molecule has 0 radical (unpaired) electrons. The number of pyridine rings is 1. The van der Waals surface area contributed by atoms with E-state index in [1.165, 1.54) is 0 Å². The van der Waals surface area contributed by atoms with Crippen molar-refractivity contribution >= 4 is 38.6 Å². The Morgan fingerprint density at radius 1 is 1.09 bits per heavy atom. The molecular weight excluding hydrogens is 476 g/mol. The molecule has 0 bridgehead atoms. The van der Waals surface area contributed by atoms with Crippen molar-refractivity contribution in [3.05, 3.63) is 46.7 Å². The van der Waals surface area contributed by atoms with Gasteiger partial charge in [0.15, 0.2) is 11.5 Å². The number of carbonyl (C=O) groups is 1. The molecule has 9 heteroatoms. The fourth-order valence-electron chi connectivity index (χ4n) is 3.59. The topological polar surface area (TPSA) is 69.1 Å². The van der Waals surface area contributed by atoms with Crippen LogP contribution in [0.4, 0.5) is 5.69 Å². The zero-order valence-electron chi connectivity index (χ0n) is 19.1. The van der Waals surface area contributed by atoms with Crippen LogP contribution in [0.1, 0.15) is 16.8 Å². The molecule has 8 nitrogen and oxygen atoms in total. The van der Waals surface area contributed by atoms with Gasteiger partial charge in [0.2, 0.25) is 0 Å². The average molecular weight is 505 g/mol. The van der Waals surface area contributed by atoms with E-state index in [1.807, 2.05) is 37.0 Å². The lowest BCUT2D eigenvalue weighted by Crippen LogP contribution is -2.34. The number of halogens is 1. The first kappa shape index (κ1) is 24.0. The molecule has 3 aromatic rings. The van der Waals surface area contributed by atoms with E-state index in [2.05, 4.69) is 25.8 Å². The summed E-state index contributed by atoms with van der Waals surface area (Å²) in [5.41, 5.74) is 2.06. The van der Waals surface area contributed by atoms with Gasteiger partial charge in [0.1, 0.15) is 12.4 Å². The molecule has 2 aromatic heterocycles. The highest BCUT2D eigenvalue weighted by Gasteiger charge is 2.24. The van der Waals surface area contributed by atoms with Gasteiger partial charge in [0, 0.05) is 35.9 Å². The van der Waals surface area contributed by atoms with Crippen LogP contribution in [0.3, 0.4) is 0 Å². The van der Waals surface area contributed by atoms with Gasteiger partial charge in [-0.3, -0.25) is 4.79 Å². The van der Waals surface area contributed by atoms with Crippen molar-refractivity contribution in [2.45, 2.75) is 13.2 Å². The SMILES string of the molecule is COCn1ccc2c(N(CCCN(C)C)C(=O)c3cc(OC)c(OC)cc3Br)ccnc21. The number of methoxy groups -OCH3 is 3. The molecule has 2 heterocycles. The molecule has 0 fully saturated rings.